The molecule has 0 rings (SSSR count). The lowest BCUT2D eigenvalue weighted by molar-refractivity contribution is -0.147. The van der Waals surface area contributed by atoms with Crippen molar-refractivity contribution in [3.63, 3.8) is 0 Å². The fourth-order valence-corrected chi connectivity index (χ4v) is 6.15. The summed E-state index contributed by atoms with van der Waals surface area (Å²) in [6.07, 6.45) is 49.1. The number of rotatable bonds is 39. The lowest BCUT2D eigenvalue weighted by Gasteiger charge is -2.19. The summed E-state index contributed by atoms with van der Waals surface area (Å²) in [6, 6.07) is 0. The van der Waals surface area contributed by atoms with Crippen molar-refractivity contribution < 1.29 is 32.8 Å². The number of hydrogen-bond acceptors (Lipinski definition) is 7. The molecule has 0 radical (unpaired) electrons. The Morgan fingerprint density at radius 2 is 1.04 bits per heavy atom. The maximum atomic E-state index is 12.4. The molecule has 0 heterocycles. The van der Waals surface area contributed by atoms with E-state index in [1.54, 1.807) is 6.26 Å². The SMILES string of the molecule is CCCCCC=CCC=CCC=CCC=CCCCC(=O)OC[C@H](COP(=O)(O)OCCN)OC=CCCCCCCCCCCCCCCCC. The van der Waals surface area contributed by atoms with Crippen LogP contribution in [0.3, 0.4) is 0 Å². The van der Waals surface area contributed by atoms with Crippen molar-refractivity contribution in [1.29, 1.82) is 0 Å². The van der Waals surface area contributed by atoms with E-state index in [1.165, 1.54) is 109 Å². The van der Waals surface area contributed by atoms with Gasteiger partial charge in [-0.15, -0.1) is 0 Å². The molecule has 0 saturated carbocycles. The standard InChI is InChI=1S/C43H78NO7P/c1-3-5-7-9-11-13-15-17-19-21-22-24-26-28-30-32-34-36-43(45)49-40-42(41-51-52(46,47)50-39-37-44)48-38-35-33-31-29-27-25-23-20-18-16-14-12-10-8-6-4-2/h11,13,17,19,22,24,28,30,35,38,42H,3-10,12,14-16,18,20-21,23,25-27,29,31-34,36-37,39-41,44H2,1-2H3,(H,46,47)/t42-/m1/s1. The summed E-state index contributed by atoms with van der Waals surface area (Å²) in [4.78, 5) is 22.2. The van der Waals surface area contributed by atoms with E-state index in [4.69, 9.17) is 24.3 Å². The molecule has 0 amide bonds. The van der Waals surface area contributed by atoms with Gasteiger partial charge in [-0.05, 0) is 63.9 Å². The van der Waals surface area contributed by atoms with Crippen LogP contribution in [0.15, 0.2) is 60.9 Å². The van der Waals surface area contributed by atoms with E-state index in [0.717, 1.165) is 38.5 Å². The zero-order chi connectivity index (χ0) is 38.1. The van der Waals surface area contributed by atoms with Crippen molar-refractivity contribution in [3.05, 3.63) is 60.9 Å². The second kappa shape index (κ2) is 40.2. The third kappa shape index (κ3) is 39.3. The van der Waals surface area contributed by atoms with Crippen molar-refractivity contribution in [2.45, 2.75) is 180 Å². The first-order valence-electron chi connectivity index (χ1n) is 20.8. The van der Waals surface area contributed by atoms with E-state index in [2.05, 4.69) is 62.5 Å². The molecule has 0 saturated heterocycles. The number of allylic oxidation sites excluding steroid dienone is 9. The molecule has 0 aromatic rings. The Kier molecular flexibility index (Phi) is 38.7. The van der Waals surface area contributed by atoms with Crippen LogP contribution in [-0.4, -0.2) is 43.3 Å². The number of carbonyl (C=O) groups excluding carboxylic acids is 1. The highest BCUT2D eigenvalue weighted by Gasteiger charge is 2.24. The van der Waals surface area contributed by atoms with E-state index < -0.39 is 13.9 Å². The maximum Gasteiger partial charge on any atom is 0.472 e. The fraction of sp³-hybridized carbons (Fsp3) is 0.744. The molecule has 0 aromatic heterocycles. The van der Waals surface area contributed by atoms with Crippen molar-refractivity contribution in [2.75, 3.05) is 26.4 Å². The van der Waals surface area contributed by atoms with Crippen molar-refractivity contribution in [1.82, 2.24) is 0 Å². The lowest BCUT2D eigenvalue weighted by atomic mass is 10.0. The molecular formula is C43H78NO7P. The minimum absolute atomic E-state index is 0.0918. The average Bonchev–Trinajstić information content (AvgIpc) is 3.14. The molecule has 1 unspecified atom stereocenters. The number of phosphoric ester groups is 1. The summed E-state index contributed by atoms with van der Waals surface area (Å²) in [7, 11) is -4.28. The van der Waals surface area contributed by atoms with Crippen molar-refractivity contribution in [3.8, 4) is 0 Å². The van der Waals surface area contributed by atoms with E-state index in [-0.39, 0.29) is 38.8 Å². The van der Waals surface area contributed by atoms with Gasteiger partial charge < -0.3 is 20.1 Å². The summed E-state index contributed by atoms with van der Waals surface area (Å²) in [5.74, 6) is -0.345. The number of nitrogens with two attached hydrogens (primary N) is 1. The molecule has 3 N–H and O–H groups in total. The quantitative estimate of drug-likeness (QED) is 0.0210. The second-order valence-electron chi connectivity index (χ2n) is 13.6. The largest absolute Gasteiger partial charge is 0.492 e. The van der Waals surface area contributed by atoms with Crippen LogP contribution in [0.25, 0.3) is 0 Å². The van der Waals surface area contributed by atoms with Crippen LogP contribution < -0.4 is 5.73 Å². The van der Waals surface area contributed by atoms with Crippen LogP contribution in [0, 0.1) is 0 Å². The molecule has 0 aliphatic rings. The van der Waals surface area contributed by atoms with Gasteiger partial charge in [-0.2, -0.15) is 0 Å². The summed E-state index contributed by atoms with van der Waals surface area (Å²) < 4.78 is 33.1. The molecule has 0 aliphatic heterocycles. The van der Waals surface area contributed by atoms with Gasteiger partial charge in [0, 0.05) is 13.0 Å². The van der Waals surface area contributed by atoms with Gasteiger partial charge in [0.15, 0.2) is 6.10 Å². The van der Waals surface area contributed by atoms with Crippen LogP contribution in [0.5, 0.6) is 0 Å². The molecule has 302 valence electrons. The predicted molar refractivity (Wildman–Crippen MR) is 219 cm³/mol. The maximum absolute atomic E-state index is 12.4. The third-order valence-corrected chi connectivity index (χ3v) is 9.51. The predicted octanol–water partition coefficient (Wildman–Crippen LogP) is 12.5. The van der Waals surface area contributed by atoms with Gasteiger partial charge in [0.05, 0.1) is 19.5 Å². The van der Waals surface area contributed by atoms with Crippen LogP contribution in [-0.2, 0) is 27.9 Å². The lowest BCUT2D eigenvalue weighted by Crippen LogP contribution is -2.25. The Balaban J connectivity index is 4.20. The van der Waals surface area contributed by atoms with E-state index in [9.17, 15) is 14.3 Å². The molecular weight excluding hydrogens is 673 g/mol. The molecule has 9 heteroatoms. The zero-order valence-corrected chi connectivity index (χ0v) is 34.2. The fourth-order valence-electron chi connectivity index (χ4n) is 5.38. The van der Waals surface area contributed by atoms with Gasteiger partial charge in [-0.3, -0.25) is 13.8 Å². The van der Waals surface area contributed by atoms with Gasteiger partial charge in [0.25, 0.3) is 0 Å². The van der Waals surface area contributed by atoms with Crippen molar-refractivity contribution in [2.24, 2.45) is 5.73 Å². The van der Waals surface area contributed by atoms with Crippen LogP contribution in [0.4, 0.5) is 0 Å². The van der Waals surface area contributed by atoms with E-state index in [1.807, 2.05) is 6.08 Å². The molecule has 0 aromatic carbocycles. The van der Waals surface area contributed by atoms with Gasteiger partial charge >= 0.3 is 13.8 Å². The third-order valence-electron chi connectivity index (χ3n) is 8.53. The summed E-state index contributed by atoms with van der Waals surface area (Å²) in [6.45, 7) is 4.12. The van der Waals surface area contributed by atoms with Gasteiger partial charge in [0.1, 0.15) is 6.61 Å². The molecule has 52 heavy (non-hydrogen) atoms. The first-order valence-corrected chi connectivity index (χ1v) is 22.3. The highest BCUT2D eigenvalue weighted by Crippen LogP contribution is 2.43. The number of carbonyl (C=O) groups is 1. The summed E-state index contributed by atoms with van der Waals surface area (Å²) >= 11 is 0. The first kappa shape index (κ1) is 50.0. The minimum atomic E-state index is -4.28. The topological polar surface area (TPSA) is 117 Å². The highest BCUT2D eigenvalue weighted by molar-refractivity contribution is 7.47. The molecule has 0 aliphatic carbocycles. The Morgan fingerprint density at radius 1 is 0.596 bits per heavy atom. The Labute approximate surface area is 319 Å². The highest BCUT2D eigenvalue weighted by atomic mass is 31.2. The number of esters is 1. The molecule has 0 spiro atoms. The van der Waals surface area contributed by atoms with E-state index in [0.29, 0.717) is 6.42 Å². The Bertz CT molecular complexity index is 979. The number of hydrogen-bond donors (Lipinski definition) is 2. The number of phosphoric acid groups is 1. The molecule has 0 bridgehead atoms. The van der Waals surface area contributed by atoms with Gasteiger partial charge in [0.2, 0.25) is 0 Å². The summed E-state index contributed by atoms with van der Waals surface area (Å²) in [5.41, 5.74) is 5.36. The van der Waals surface area contributed by atoms with Crippen molar-refractivity contribution >= 4 is 13.8 Å². The second-order valence-corrected chi connectivity index (χ2v) is 15.0. The van der Waals surface area contributed by atoms with Crippen LogP contribution in [0.2, 0.25) is 0 Å². The van der Waals surface area contributed by atoms with E-state index >= 15 is 0 Å². The summed E-state index contributed by atoms with van der Waals surface area (Å²) in [5, 5.41) is 0. The van der Waals surface area contributed by atoms with Gasteiger partial charge in [-0.1, -0.05) is 159 Å². The Morgan fingerprint density at radius 3 is 1.58 bits per heavy atom. The van der Waals surface area contributed by atoms with Crippen LogP contribution >= 0.6 is 7.82 Å². The molecule has 8 nitrogen and oxygen atoms in total. The van der Waals surface area contributed by atoms with Gasteiger partial charge in [-0.25, -0.2) is 4.57 Å². The zero-order valence-electron chi connectivity index (χ0n) is 33.3. The number of ether oxygens (including phenoxy) is 2. The normalized spacial score (nSPS) is 14.1. The molecule has 0 fully saturated rings. The smallest absolute Gasteiger partial charge is 0.472 e. The first-order chi connectivity index (χ1) is 25.4. The van der Waals surface area contributed by atoms with Crippen LogP contribution in [0.1, 0.15) is 174 Å². The minimum Gasteiger partial charge on any atom is -0.492 e. The average molecular weight is 752 g/mol. The molecule has 2 atom stereocenters. The monoisotopic (exact) mass is 752 g/mol. The number of unbranched alkanes of at least 4 members (excludes halogenated alkanes) is 18. The Hall–Kier alpha value is -1.96.